The smallest absolute Gasteiger partial charge is 0.289 e. The topological polar surface area (TPSA) is 62.7 Å². The number of amides is 1. The summed E-state index contributed by atoms with van der Waals surface area (Å²) in [5.41, 5.74) is 7.43. The molecule has 0 atom stereocenters. The summed E-state index contributed by atoms with van der Waals surface area (Å²) in [7, 11) is 0. The Labute approximate surface area is 127 Å². The summed E-state index contributed by atoms with van der Waals surface area (Å²) in [5, 5.41) is 0.561. The normalized spacial score (nSPS) is 15.3. The molecule has 3 rings (SSSR count). The van der Waals surface area contributed by atoms with Crippen LogP contribution in [0.15, 0.2) is 41.0 Å². The fourth-order valence-electron chi connectivity index (χ4n) is 2.45. The molecule has 1 aliphatic heterocycles. The fourth-order valence-corrected chi connectivity index (χ4v) is 2.57. The minimum absolute atomic E-state index is 0.0599. The molecule has 0 aliphatic carbocycles. The van der Waals surface area contributed by atoms with Crippen molar-refractivity contribution in [2.24, 2.45) is 0 Å². The lowest BCUT2D eigenvalue weighted by Gasteiger charge is -2.35. The molecule has 1 fully saturated rings. The van der Waals surface area contributed by atoms with Crippen LogP contribution < -0.4 is 10.6 Å². The lowest BCUT2D eigenvalue weighted by Crippen LogP contribution is -2.48. The Balaban J connectivity index is 1.65. The average Bonchev–Trinajstić information content (AvgIpc) is 3.04. The predicted molar refractivity (Wildman–Crippen MR) is 82.7 cm³/mol. The lowest BCUT2D eigenvalue weighted by molar-refractivity contribution is 0.0714. The maximum atomic E-state index is 12.2. The zero-order valence-corrected chi connectivity index (χ0v) is 12.2. The van der Waals surface area contributed by atoms with Crippen LogP contribution in [0.1, 0.15) is 10.6 Å². The van der Waals surface area contributed by atoms with Crippen molar-refractivity contribution < 1.29 is 9.21 Å². The third-order valence-electron chi connectivity index (χ3n) is 3.64. The molecule has 0 bridgehead atoms. The van der Waals surface area contributed by atoms with Crippen LogP contribution in [0.5, 0.6) is 0 Å². The molecule has 2 aromatic rings. The van der Waals surface area contributed by atoms with Gasteiger partial charge in [-0.2, -0.15) is 0 Å². The Hall–Kier alpha value is -2.14. The third kappa shape index (κ3) is 2.83. The minimum atomic E-state index is -0.0599. The second-order valence-corrected chi connectivity index (χ2v) is 5.37. The van der Waals surface area contributed by atoms with Gasteiger partial charge in [-0.05, 0) is 30.3 Å². The Morgan fingerprint density at radius 1 is 1.19 bits per heavy atom. The first-order chi connectivity index (χ1) is 10.1. The van der Waals surface area contributed by atoms with Crippen LogP contribution in [0, 0.1) is 0 Å². The summed E-state index contributed by atoms with van der Waals surface area (Å²) in [6.07, 6.45) is 1.51. The van der Waals surface area contributed by atoms with E-state index < -0.39 is 0 Å². The van der Waals surface area contributed by atoms with Crippen LogP contribution in [0.3, 0.4) is 0 Å². The molecule has 5 nitrogen and oxygen atoms in total. The van der Waals surface area contributed by atoms with Crippen LogP contribution in [0.2, 0.25) is 5.02 Å². The number of rotatable bonds is 2. The second kappa shape index (κ2) is 5.69. The molecule has 21 heavy (non-hydrogen) atoms. The second-order valence-electron chi connectivity index (χ2n) is 4.96. The monoisotopic (exact) mass is 305 g/mol. The molecule has 0 saturated carbocycles. The van der Waals surface area contributed by atoms with E-state index in [1.807, 2.05) is 12.1 Å². The molecule has 2 heterocycles. The molecule has 1 saturated heterocycles. The van der Waals surface area contributed by atoms with E-state index in [0.717, 1.165) is 18.8 Å². The van der Waals surface area contributed by atoms with Gasteiger partial charge in [0.15, 0.2) is 5.76 Å². The number of nitrogens with two attached hydrogens (primary N) is 1. The first kappa shape index (κ1) is 13.8. The Kier molecular flexibility index (Phi) is 3.75. The van der Waals surface area contributed by atoms with Gasteiger partial charge in [-0.25, -0.2) is 0 Å². The Morgan fingerprint density at radius 2 is 1.95 bits per heavy atom. The van der Waals surface area contributed by atoms with Crippen molar-refractivity contribution in [3.05, 3.63) is 47.4 Å². The average molecular weight is 306 g/mol. The zero-order valence-electron chi connectivity index (χ0n) is 11.5. The van der Waals surface area contributed by atoms with Gasteiger partial charge in [-0.15, -0.1) is 0 Å². The highest BCUT2D eigenvalue weighted by Gasteiger charge is 2.23. The van der Waals surface area contributed by atoms with Crippen molar-refractivity contribution in [2.45, 2.75) is 0 Å². The van der Waals surface area contributed by atoms with Crippen LogP contribution in [-0.4, -0.2) is 37.0 Å². The molecule has 1 aromatic carbocycles. The molecule has 1 amide bonds. The van der Waals surface area contributed by atoms with Gasteiger partial charge in [-0.1, -0.05) is 11.6 Å². The number of anilines is 2. The lowest BCUT2D eigenvalue weighted by atomic mass is 10.2. The summed E-state index contributed by atoms with van der Waals surface area (Å²) in [4.78, 5) is 16.2. The van der Waals surface area contributed by atoms with Gasteiger partial charge in [0.05, 0.1) is 17.0 Å². The van der Waals surface area contributed by atoms with Crippen molar-refractivity contribution in [3.63, 3.8) is 0 Å². The zero-order chi connectivity index (χ0) is 14.8. The van der Waals surface area contributed by atoms with Gasteiger partial charge in [0.25, 0.3) is 5.91 Å². The van der Waals surface area contributed by atoms with Gasteiger partial charge >= 0.3 is 0 Å². The van der Waals surface area contributed by atoms with Crippen molar-refractivity contribution in [1.29, 1.82) is 0 Å². The highest BCUT2D eigenvalue weighted by atomic mass is 35.5. The number of carbonyl (C=O) groups excluding carboxylic acids is 1. The van der Waals surface area contributed by atoms with E-state index in [2.05, 4.69) is 4.90 Å². The predicted octanol–water partition coefficient (Wildman–Crippen LogP) is 2.48. The van der Waals surface area contributed by atoms with Crippen LogP contribution >= 0.6 is 11.6 Å². The standard InChI is InChI=1S/C15H16ClN3O2/c16-12-4-3-11(10-13(12)17)18-5-7-19(8-6-18)15(20)14-2-1-9-21-14/h1-4,9-10H,5-8,17H2. The number of piperazine rings is 1. The highest BCUT2D eigenvalue weighted by Crippen LogP contribution is 2.26. The Morgan fingerprint density at radius 3 is 2.57 bits per heavy atom. The van der Waals surface area contributed by atoms with E-state index in [1.54, 1.807) is 23.1 Å². The molecular formula is C15H16ClN3O2. The maximum Gasteiger partial charge on any atom is 0.289 e. The number of nitrogens with zero attached hydrogens (tertiary/aromatic N) is 2. The quantitative estimate of drug-likeness (QED) is 0.866. The molecule has 1 aliphatic rings. The molecule has 2 N–H and O–H groups in total. The highest BCUT2D eigenvalue weighted by molar-refractivity contribution is 6.33. The molecule has 110 valence electrons. The third-order valence-corrected chi connectivity index (χ3v) is 3.99. The van der Waals surface area contributed by atoms with E-state index >= 15 is 0 Å². The van der Waals surface area contributed by atoms with Crippen molar-refractivity contribution in [1.82, 2.24) is 4.90 Å². The molecule has 0 radical (unpaired) electrons. The SMILES string of the molecule is Nc1cc(N2CCN(C(=O)c3ccco3)CC2)ccc1Cl. The number of hydrogen-bond donors (Lipinski definition) is 1. The first-order valence-electron chi connectivity index (χ1n) is 6.78. The number of benzene rings is 1. The van der Waals surface area contributed by atoms with Crippen LogP contribution in [0.4, 0.5) is 11.4 Å². The summed E-state index contributed by atoms with van der Waals surface area (Å²) >= 11 is 5.93. The number of furan rings is 1. The van der Waals surface area contributed by atoms with E-state index in [-0.39, 0.29) is 5.91 Å². The molecular weight excluding hydrogens is 290 g/mol. The largest absolute Gasteiger partial charge is 0.459 e. The van der Waals surface area contributed by atoms with E-state index in [0.29, 0.717) is 29.6 Å². The minimum Gasteiger partial charge on any atom is -0.459 e. The first-order valence-corrected chi connectivity index (χ1v) is 7.16. The van der Waals surface area contributed by atoms with Gasteiger partial charge in [-0.3, -0.25) is 4.79 Å². The van der Waals surface area contributed by atoms with Gasteiger partial charge in [0.1, 0.15) is 0 Å². The number of halogens is 1. The molecule has 0 unspecified atom stereocenters. The molecule has 1 aromatic heterocycles. The van der Waals surface area contributed by atoms with Gasteiger partial charge in [0, 0.05) is 31.9 Å². The molecule has 6 heteroatoms. The van der Waals surface area contributed by atoms with E-state index in [9.17, 15) is 4.79 Å². The number of nitrogen functional groups attached to an aromatic ring is 1. The summed E-state index contributed by atoms with van der Waals surface area (Å²) in [5.74, 6) is 0.328. The fraction of sp³-hybridized carbons (Fsp3) is 0.267. The summed E-state index contributed by atoms with van der Waals surface area (Å²) in [6, 6.07) is 9.02. The van der Waals surface area contributed by atoms with Crippen molar-refractivity contribution >= 4 is 28.9 Å². The maximum absolute atomic E-state index is 12.2. The number of carbonyl (C=O) groups is 1. The van der Waals surface area contributed by atoms with Crippen LogP contribution in [0.25, 0.3) is 0 Å². The van der Waals surface area contributed by atoms with E-state index in [4.69, 9.17) is 21.8 Å². The van der Waals surface area contributed by atoms with Gasteiger partial charge in [0.2, 0.25) is 0 Å². The number of hydrogen-bond acceptors (Lipinski definition) is 4. The van der Waals surface area contributed by atoms with E-state index in [1.165, 1.54) is 6.26 Å². The Bertz CT molecular complexity index is 634. The van der Waals surface area contributed by atoms with Crippen molar-refractivity contribution in [2.75, 3.05) is 36.8 Å². The summed E-state index contributed by atoms with van der Waals surface area (Å²) in [6.45, 7) is 2.82. The van der Waals surface area contributed by atoms with Gasteiger partial charge < -0.3 is 20.0 Å². The molecule has 0 spiro atoms. The summed E-state index contributed by atoms with van der Waals surface area (Å²) < 4.78 is 5.15. The van der Waals surface area contributed by atoms with Crippen LogP contribution in [-0.2, 0) is 0 Å². The van der Waals surface area contributed by atoms with Crippen molar-refractivity contribution in [3.8, 4) is 0 Å².